The molecule has 0 aliphatic heterocycles. The lowest BCUT2D eigenvalue weighted by atomic mass is 10.3. The first kappa shape index (κ1) is 16.9. The van der Waals surface area contributed by atoms with Crippen molar-refractivity contribution in [3.8, 4) is 0 Å². The first-order chi connectivity index (χ1) is 8.41. The van der Waals surface area contributed by atoms with Crippen molar-refractivity contribution in [2.45, 2.75) is 52.4 Å². The van der Waals surface area contributed by atoms with Gasteiger partial charge < -0.3 is 16.0 Å². The van der Waals surface area contributed by atoms with E-state index in [0.717, 1.165) is 19.6 Å². The van der Waals surface area contributed by atoms with Gasteiger partial charge in [0.15, 0.2) is 0 Å². The van der Waals surface area contributed by atoms with Crippen molar-refractivity contribution in [1.29, 1.82) is 0 Å². The van der Waals surface area contributed by atoms with E-state index in [1.54, 1.807) is 0 Å². The molecule has 0 saturated heterocycles. The van der Waals surface area contributed by atoms with Gasteiger partial charge in [0.2, 0.25) is 0 Å². The normalized spacial score (nSPS) is 10.9. The van der Waals surface area contributed by atoms with Crippen LogP contribution in [0.4, 0.5) is 0 Å². The molecule has 0 fully saturated rings. The maximum Gasteiger partial charge on any atom is -0.00368 e. The highest BCUT2D eigenvalue weighted by Gasteiger charge is 1.90. The van der Waals surface area contributed by atoms with Crippen LogP contribution in [0.2, 0.25) is 0 Å². The molecule has 0 saturated carbocycles. The number of rotatable bonds is 14. The van der Waals surface area contributed by atoms with E-state index >= 15 is 0 Å². The molecule has 3 heteroatoms. The van der Waals surface area contributed by atoms with Gasteiger partial charge >= 0.3 is 0 Å². The van der Waals surface area contributed by atoms with Gasteiger partial charge in [-0.3, -0.25) is 0 Å². The molecule has 0 aliphatic carbocycles. The minimum Gasteiger partial charge on any atom is -0.317 e. The third-order valence-electron chi connectivity index (χ3n) is 2.80. The summed E-state index contributed by atoms with van der Waals surface area (Å²) in [5.41, 5.74) is 0. The highest BCUT2D eigenvalue weighted by atomic mass is 14.9. The second-order valence-corrected chi connectivity index (χ2v) is 4.66. The molecule has 0 spiro atoms. The van der Waals surface area contributed by atoms with Gasteiger partial charge in [0.05, 0.1) is 0 Å². The summed E-state index contributed by atoms with van der Waals surface area (Å²) < 4.78 is 0. The third-order valence-corrected chi connectivity index (χ3v) is 2.80. The molecule has 0 bridgehead atoms. The van der Waals surface area contributed by atoms with Crippen molar-refractivity contribution in [3.63, 3.8) is 0 Å². The standard InChI is InChI=1S/C14H33N3/c1-3-5-10-16-13-8-14-17-12-7-6-11-15-9-4-2/h15-17H,3-14H2,1-2H3. The Morgan fingerprint density at radius 2 is 0.941 bits per heavy atom. The molecular formula is C14H33N3. The maximum absolute atomic E-state index is 3.50. The zero-order valence-electron chi connectivity index (χ0n) is 12.0. The van der Waals surface area contributed by atoms with Crippen molar-refractivity contribution in [3.05, 3.63) is 0 Å². The van der Waals surface area contributed by atoms with Crippen molar-refractivity contribution >= 4 is 0 Å². The zero-order valence-corrected chi connectivity index (χ0v) is 12.0. The lowest BCUT2D eigenvalue weighted by molar-refractivity contribution is 0.553. The third kappa shape index (κ3) is 15.9. The quantitative estimate of drug-likeness (QED) is 0.409. The summed E-state index contributed by atoms with van der Waals surface area (Å²) in [5, 5.41) is 10.4. The Morgan fingerprint density at radius 1 is 0.471 bits per heavy atom. The van der Waals surface area contributed by atoms with Crippen molar-refractivity contribution in [2.75, 3.05) is 39.3 Å². The van der Waals surface area contributed by atoms with E-state index in [0.29, 0.717) is 0 Å². The Bertz CT molecular complexity index is 115. The minimum absolute atomic E-state index is 1.15. The topological polar surface area (TPSA) is 36.1 Å². The lowest BCUT2D eigenvalue weighted by Gasteiger charge is -2.06. The van der Waals surface area contributed by atoms with Crippen LogP contribution in [0.3, 0.4) is 0 Å². The minimum atomic E-state index is 1.15. The van der Waals surface area contributed by atoms with Crippen molar-refractivity contribution in [2.24, 2.45) is 0 Å². The van der Waals surface area contributed by atoms with Gasteiger partial charge in [-0.15, -0.1) is 0 Å². The van der Waals surface area contributed by atoms with Crippen LogP contribution in [0.5, 0.6) is 0 Å². The predicted molar refractivity (Wildman–Crippen MR) is 77.7 cm³/mol. The van der Waals surface area contributed by atoms with Crippen molar-refractivity contribution in [1.82, 2.24) is 16.0 Å². The highest BCUT2D eigenvalue weighted by molar-refractivity contribution is 4.53. The molecule has 0 aromatic rings. The highest BCUT2D eigenvalue weighted by Crippen LogP contribution is 1.86. The Balaban J connectivity index is 2.85. The smallest absolute Gasteiger partial charge is 0.00368 e. The Hall–Kier alpha value is -0.120. The monoisotopic (exact) mass is 243 g/mol. The summed E-state index contributed by atoms with van der Waals surface area (Å²) in [7, 11) is 0. The fraction of sp³-hybridized carbons (Fsp3) is 1.00. The zero-order chi connectivity index (χ0) is 12.6. The lowest BCUT2D eigenvalue weighted by Crippen LogP contribution is -2.24. The summed E-state index contributed by atoms with van der Waals surface area (Å²) in [6.45, 7) is 11.4. The Kier molecular flexibility index (Phi) is 15.8. The van der Waals surface area contributed by atoms with Crippen LogP contribution in [0.15, 0.2) is 0 Å². The fourth-order valence-corrected chi connectivity index (χ4v) is 1.69. The second-order valence-electron chi connectivity index (χ2n) is 4.66. The molecule has 104 valence electrons. The molecule has 0 rings (SSSR count). The summed E-state index contributed by atoms with van der Waals surface area (Å²) in [6, 6.07) is 0. The summed E-state index contributed by atoms with van der Waals surface area (Å²) >= 11 is 0. The van der Waals surface area contributed by atoms with Gasteiger partial charge in [0, 0.05) is 0 Å². The van der Waals surface area contributed by atoms with Crippen LogP contribution in [-0.2, 0) is 0 Å². The first-order valence-electron chi connectivity index (χ1n) is 7.54. The van der Waals surface area contributed by atoms with Gasteiger partial charge in [0.25, 0.3) is 0 Å². The average Bonchev–Trinajstić information content (AvgIpc) is 2.35. The number of nitrogens with one attached hydrogen (secondary N) is 3. The van der Waals surface area contributed by atoms with E-state index < -0.39 is 0 Å². The molecule has 0 atom stereocenters. The molecule has 0 unspecified atom stereocenters. The van der Waals surface area contributed by atoms with Crippen LogP contribution in [0.1, 0.15) is 52.4 Å². The van der Waals surface area contributed by atoms with E-state index in [4.69, 9.17) is 0 Å². The van der Waals surface area contributed by atoms with Gasteiger partial charge in [-0.25, -0.2) is 0 Å². The van der Waals surface area contributed by atoms with E-state index in [-0.39, 0.29) is 0 Å². The number of unbranched alkanes of at least 4 members (excludes halogenated alkanes) is 2. The average molecular weight is 243 g/mol. The van der Waals surface area contributed by atoms with Crippen LogP contribution < -0.4 is 16.0 Å². The molecule has 0 radical (unpaired) electrons. The predicted octanol–water partition coefficient (Wildman–Crippen LogP) is 2.14. The number of hydrogen-bond donors (Lipinski definition) is 3. The molecule has 0 aliphatic rings. The fourth-order valence-electron chi connectivity index (χ4n) is 1.69. The van der Waals surface area contributed by atoms with Crippen LogP contribution in [-0.4, -0.2) is 39.3 Å². The molecule has 3 nitrogen and oxygen atoms in total. The van der Waals surface area contributed by atoms with Gasteiger partial charge in [-0.1, -0.05) is 20.3 Å². The van der Waals surface area contributed by atoms with E-state index in [1.165, 1.54) is 58.2 Å². The van der Waals surface area contributed by atoms with Crippen LogP contribution in [0.25, 0.3) is 0 Å². The summed E-state index contributed by atoms with van der Waals surface area (Å²) in [6.07, 6.45) is 7.66. The first-order valence-corrected chi connectivity index (χ1v) is 7.54. The summed E-state index contributed by atoms with van der Waals surface area (Å²) in [4.78, 5) is 0. The van der Waals surface area contributed by atoms with Gasteiger partial charge in [-0.2, -0.15) is 0 Å². The van der Waals surface area contributed by atoms with E-state index in [1.807, 2.05) is 0 Å². The van der Waals surface area contributed by atoms with Crippen molar-refractivity contribution < 1.29 is 0 Å². The molecule has 0 aromatic carbocycles. The Labute approximate surface area is 108 Å². The van der Waals surface area contributed by atoms with E-state index in [9.17, 15) is 0 Å². The largest absolute Gasteiger partial charge is 0.317 e. The molecular weight excluding hydrogens is 210 g/mol. The SMILES string of the molecule is CCCCNCCCNCCCCNCCC. The molecule has 0 amide bonds. The second kappa shape index (κ2) is 15.9. The molecule has 3 N–H and O–H groups in total. The van der Waals surface area contributed by atoms with Crippen LogP contribution >= 0.6 is 0 Å². The van der Waals surface area contributed by atoms with E-state index in [2.05, 4.69) is 29.8 Å². The molecule has 0 aromatic heterocycles. The van der Waals surface area contributed by atoms with Gasteiger partial charge in [-0.05, 0) is 71.4 Å². The van der Waals surface area contributed by atoms with Gasteiger partial charge in [0.1, 0.15) is 0 Å². The summed E-state index contributed by atoms with van der Waals surface area (Å²) in [5.74, 6) is 0. The maximum atomic E-state index is 3.50. The molecule has 17 heavy (non-hydrogen) atoms. The Morgan fingerprint density at radius 3 is 1.47 bits per heavy atom. The molecule has 0 heterocycles. The number of hydrogen-bond acceptors (Lipinski definition) is 3. The van der Waals surface area contributed by atoms with Crippen LogP contribution in [0, 0.1) is 0 Å².